The molecule has 0 radical (unpaired) electrons. The summed E-state index contributed by atoms with van der Waals surface area (Å²) < 4.78 is 1.98. The number of allylic oxidation sites excluding steroid dienone is 6. The number of rotatable bonds is 26. The molecule has 2 atom stereocenters. The Labute approximate surface area is 426 Å². The molecule has 5 aromatic rings. The predicted molar refractivity (Wildman–Crippen MR) is 294 cm³/mol. The fourth-order valence-corrected chi connectivity index (χ4v) is 9.68. The van der Waals surface area contributed by atoms with Crippen molar-refractivity contribution in [1.82, 2.24) is 24.3 Å². The van der Waals surface area contributed by atoms with Crippen molar-refractivity contribution in [1.29, 1.82) is 0 Å². The van der Waals surface area contributed by atoms with Gasteiger partial charge >= 0.3 is 0 Å². The third-order valence-corrected chi connectivity index (χ3v) is 13.4. The van der Waals surface area contributed by atoms with Crippen molar-refractivity contribution in [3.05, 3.63) is 192 Å². The number of anilines is 1. The molecule has 1 fully saturated rings. The van der Waals surface area contributed by atoms with Crippen LogP contribution in [0.3, 0.4) is 0 Å². The first-order valence-corrected chi connectivity index (χ1v) is 25.5. The van der Waals surface area contributed by atoms with Crippen molar-refractivity contribution in [2.45, 2.75) is 109 Å². The fraction of sp³-hybridized carbons (Fsp3) is 0.410. The van der Waals surface area contributed by atoms with Gasteiger partial charge in [-0.15, -0.1) is 0 Å². The minimum Gasteiger partial charge on any atom is -0.400 e. The number of carbonyl (C=O) groups is 3. The summed E-state index contributed by atoms with van der Waals surface area (Å²) in [6, 6.07) is 39.1. The zero-order valence-corrected chi connectivity index (χ0v) is 43.7. The Kier molecular flexibility index (Phi) is 25.8. The van der Waals surface area contributed by atoms with Gasteiger partial charge in [-0.2, -0.15) is 0 Å². The average Bonchev–Trinajstić information content (AvgIpc) is 4.14. The minimum atomic E-state index is -0.488. The predicted octanol–water partition coefficient (Wildman–Crippen LogP) is 11.1. The van der Waals surface area contributed by atoms with Crippen LogP contribution in [0.5, 0.6) is 0 Å². The van der Waals surface area contributed by atoms with E-state index in [0.29, 0.717) is 18.5 Å². The standard InChI is InChI=1S/C33H42N2O.C27H36N4O2.CH4O/c1-33(2,32(29-17-8-4-9-18-29)30-19-10-5-11-20-30)35(26-14-25-34-23-12-13-24-34)31(27-36)22-21-28-15-6-3-7-16-28;1-5-6-7-8-12-23(2)15-16-24(21-32)31(19-11-18-30-20-17-28-22-30)27(33)25-13-9-10-14-26(25)29(3)4;1-2/h3-11,15-20,27,31-32H,12-14,21-26H2,1-2H3;5-10,12-14,17,20-22,24H,11,15-16,18-19H2,1-4H3;2H,1H3/b;6-5-,8-7-,23-12+;. The van der Waals surface area contributed by atoms with Gasteiger partial charge in [-0.25, -0.2) is 4.98 Å². The number of aryl methyl sites for hydroxylation is 2. The van der Waals surface area contributed by atoms with E-state index >= 15 is 0 Å². The molecule has 0 aliphatic carbocycles. The SMILES string of the molecule is CC(C)(C(c1ccccc1)c1ccccc1)N(CCCN1CCCC1)C(C=O)CCc1ccccc1.CO.C\C=C/C=C\C=C(/C)CCC(C=O)N(CCCn1ccnc1)C(=O)c1ccccc1N(C)C. The lowest BCUT2D eigenvalue weighted by Crippen LogP contribution is -2.55. The molecule has 1 N–H and O–H groups in total. The van der Waals surface area contributed by atoms with Crippen molar-refractivity contribution in [3.8, 4) is 0 Å². The van der Waals surface area contributed by atoms with E-state index in [1.807, 2.05) is 85.3 Å². The summed E-state index contributed by atoms with van der Waals surface area (Å²) in [6.45, 7) is 14.4. The van der Waals surface area contributed by atoms with Crippen LogP contribution >= 0.6 is 0 Å². The molecule has 380 valence electrons. The summed E-state index contributed by atoms with van der Waals surface area (Å²) in [6.07, 6.45) is 25.0. The van der Waals surface area contributed by atoms with Crippen LogP contribution in [-0.4, -0.2) is 119 Å². The van der Waals surface area contributed by atoms with Crippen molar-refractivity contribution in [2.24, 2.45) is 0 Å². The number of para-hydroxylation sites is 1. The number of aldehydes is 2. The second-order valence-electron chi connectivity index (χ2n) is 19.0. The lowest BCUT2D eigenvalue weighted by atomic mass is 9.75. The summed E-state index contributed by atoms with van der Waals surface area (Å²) in [5, 5.41) is 7.00. The van der Waals surface area contributed by atoms with E-state index in [1.54, 1.807) is 17.4 Å². The van der Waals surface area contributed by atoms with E-state index in [1.165, 1.54) is 54.5 Å². The molecule has 71 heavy (non-hydrogen) atoms. The van der Waals surface area contributed by atoms with Gasteiger partial charge in [-0.3, -0.25) is 9.69 Å². The molecule has 1 aliphatic heterocycles. The van der Waals surface area contributed by atoms with Crippen LogP contribution < -0.4 is 4.90 Å². The Morgan fingerprint density at radius 3 is 1.92 bits per heavy atom. The number of amides is 1. The Morgan fingerprint density at radius 1 is 0.746 bits per heavy atom. The minimum absolute atomic E-state index is 0.114. The quantitative estimate of drug-likeness (QED) is 0.0432. The van der Waals surface area contributed by atoms with Gasteiger partial charge in [0, 0.05) is 70.4 Å². The maximum atomic E-state index is 13.6. The first-order chi connectivity index (χ1) is 34.6. The summed E-state index contributed by atoms with van der Waals surface area (Å²) in [5.74, 6) is 0.0440. The molecule has 4 aromatic carbocycles. The van der Waals surface area contributed by atoms with Gasteiger partial charge in [0.1, 0.15) is 12.6 Å². The lowest BCUT2D eigenvalue weighted by molar-refractivity contribution is -0.115. The van der Waals surface area contributed by atoms with E-state index in [0.717, 1.165) is 70.8 Å². The van der Waals surface area contributed by atoms with E-state index in [-0.39, 0.29) is 23.4 Å². The van der Waals surface area contributed by atoms with Crippen LogP contribution in [0.15, 0.2) is 170 Å². The third kappa shape index (κ3) is 18.5. The number of carbonyl (C=O) groups excluding carboxylic acids is 3. The van der Waals surface area contributed by atoms with Gasteiger partial charge < -0.3 is 34.0 Å². The number of hydrogen-bond donors (Lipinski definition) is 1. The van der Waals surface area contributed by atoms with E-state index < -0.39 is 6.04 Å². The largest absolute Gasteiger partial charge is 0.400 e. The summed E-state index contributed by atoms with van der Waals surface area (Å²) in [5.41, 5.74) is 6.26. The van der Waals surface area contributed by atoms with Crippen molar-refractivity contribution in [2.75, 3.05) is 58.8 Å². The van der Waals surface area contributed by atoms with Crippen molar-refractivity contribution < 1.29 is 19.5 Å². The summed E-state index contributed by atoms with van der Waals surface area (Å²) in [4.78, 5) is 51.3. The van der Waals surface area contributed by atoms with Gasteiger partial charge in [0.05, 0.1) is 24.0 Å². The molecule has 2 heterocycles. The van der Waals surface area contributed by atoms with Crippen LogP contribution in [0, 0.1) is 0 Å². The smallest absolute Gasteiger partial charge is 0.256 e. The molecular weight excluding hydrogens is 881 g/mol. The molecule has 10 heteroatoms. The third-order valence-electron chi connectivity index (χ3n) is 13.4. The van der Waals surface area contributed by atoms with Crippen LogP contribution in [0.25, 0.3) is 0 Å². The van der Waals surface area contributed by atoms with Crippen LogP contribution in [0.4, 0.5) is 5.69 Å². The van der Waals surface area contributed by atoms with E-state index in [9.17, 15) is 14.4 Å². The second kappa shape index (κ2) is 31.9. The van der Waals surface area contributed by atoms with E-state index in [2.05, 4.69) is 133 Å². The first-order valence-electron chi connectivity index (χ1n) is 25.5. The number of aliphatic hydroxyl groups excluding tert-OH is 1. The molecule has 1 amide bonds. The van der Waals surface area contributed by atoms with Gasteiger partial charge in [-0.05, 0) is 128 Å². The normalized spacial score (nSPS) is 13.9. The molecule has 1 saturated heterocycles. The highest BCUT2D eigenvalue weighted by atomic mass is 16.2. The Morgan fingerprint density at radius 2 is 1.34 bits per heavy atom. The molecule has 0 saturated carbocycles. The molecule has 1 aromatic heterocycles. The topological polar surface area (TPSA) is 102 Å². The molecule has 1 aliphatic rings. The maximum absolute atomic E-state index is 13.6. The van der Waals surface area contributed by atoms with Gasteiger partial charge in [0.2, 0.25) is 0 Å². The molecule has 10 nitrogen and oxygen atoms in total. The second-order valence-corrected chi connectivity index (χ2v) is 19.0. The van der Waals surface area contributed by atoms with Crippen LogP contribution in [0.1, 0.15) is 106 Å². The van der Waals surface area contributed by atoms with Crippen LogP contribution in [-0.2, 0) is 22.6 Å². The molecule has 0 spiro atoms. The Balaban J connectivity index is 0.000000299. The highest BCUT2D eigenvalue weighted by molar-refractivity contribution is 6.00. The Bertz CT molecular complexity index is 2280. The average molecular weight is 963 g/mol. The number of benzene rings is 4. The number of likely N-dealkylation sites (tertiary alicyclic amines) is 1. The van der Waals surface area contributed by atoms with Gasteiger partial charge in [-0.1, -0.05) is 139 Å². The van der Waals surface area contributed by atoms with Gasteiger partial charge in [0.25, 0.3) is 5.91 Å². The fourth-order valence-electron chi connectivity index (χ4n) is 9.68. The molecular formula is C61H82N6O4. The van der Waals surface area contributed by atoms with Crippen molar-refractivity contribution in [3.63, 3.8) is 0 Å². The number of nitrogens with zero attached hydrogens (tertiary/aromatic N) is 6. The summed E-state index contributed by atoms with van der Waals surface area (Å²) in [7, 11) is 4.84. The highest BCUT2D eigenvalue weighted by Gasteiger charge is 2.40. The molecule has 0 bridgehead atoms. The number of aliphatic hydroxyl groups is 1. The van der Waals surface area contributed by atoms with Crippen molar-refractivity contribution >= 4 is 24.2 Å². The zero-order chi connectivity index (χ0) is 51.3. The monoisotopic (exact) mass is 963 g/mol. The number of aromatic nitrogens is 2. The highest BCUT2D eigenvalue weighted by Crippen LogP contribution is 2.40. The lowest BCUT2D eigenvalue weighted by Gasteiger charge is -2.47. The first kappa shape index (κ1) is 57.4. The maximum Gasteiger partial charge on any atom is 0.256 e. The van der Waals surface area contributed by atoms with Gasteiger partial charge in [0.15, 0.2) is 0 Å². The van der Waals surface area contributed by atoms with E-state index in [4.69, 9.17) is 5.11 Å². The molecule has 6 rings (SSSR count). The number of imidazole rings is 1. The Hall–Kier alpha value is -6.20. The van der Waals surface area contributed by atoms with Crippen LogP contribution in [0.2, 0.25) is 0 Å². The summed E-state index contributed by atoms with van der Waals surface area (Å²) >= 11 is 0. The number of hydrogen-bond acceptors (Lipinski definition) is 8. The zero-order valence-electron chi connectivity index (χ0n) is 43.7. The molecule has 2 unspecified atom stereocenters.